The molecule has 0 aliphatic carbocycles. The molecule has 0 aromatic carbocycles. The van der Waals surface area contributed by atoms with Crippen molar-refractivity contribution in [2.24, 2.45) is 0 Å². The quantitative estimate of drug-likeness (QED) is 0.552. The van der Waals surface area contributed by atoms with Gasteiger partial charge in [-0.2, -0.15) is 0 Å². The largest absolute Gasteiger partial charge is 0.750 e. The van der Waals surface area contributed by atoms with Crippen molar-refractivity contribution in [2.75, 3.05) is 13.4 Å². The van der Waals surface area contributed by atoms with E-state index in [2.05, 4.69) is 4.18 Å². The molecule has 0 amide bonds. The predicted octanol–water partition coefficient (Wildman–Crippen LogP) is -0.442. The molecule has 1 rings (SSSR count). The van der Waals surface area contributed by atoms with E-state index in [4.69, 9.17) is 9.47 Å². The summed E-state index contributed by atoms with van der Waals surface area (Å²) in [6.07, 6.45) is -0.747. The summed E-state index contributed by atoms with van der Waals surface area (Å²) in [6.45, 7) is 2.22. The first-order chi connectivity index (χ1) is 5.20. The van der Waals surface area contributed by atoms with E-state index in [-0.39, 0.29) is 12.9 Å². The van der Waals surface area contributed by atoms with Gasteiger partial charge in [-0.15, -0.1) is 0 Å². The number of rotatable bonds is 3. The van der Waals surface area contributed by atoms with Crippen LogP contribution in [-0.4, -0.2) is 34.4 Å². The van der Waals surface area contributed by atoms with E-state index in [0.717, 1.165) is 0 Å². The molecule has 0 spiro atoms. The van der Waals surface area contributed by atoms with Crippen LogP contribution in [0, 0.1) is 0 Å². The van der Waals surface area contributed by atoms with Gasteiger partial charge in [-0.05, 0) is 6.92 Å². The predicted molar refractivity (Wildman–Crippen MR) is 35.2 cm³/mol. The molecule has 1 saturated heterocycles. The minimum atomic E-state index is -2.48. The highest BCUT2D eigenvalue weighted by Crippen LogP contribution is 2.10. The highest BCUT2D eigenvalue weighted by Gasteiger charge is 2.23. The third kappa shape index (κ3) is 2.84. The third-order valence-electron chi connectivity index (χ3n) is 1.40. The molecule has 5 nitrogen and oxygen atoms in total. The summed E-state index contributed by atoms with van der Waals surface area (Å²) >= 11 is -2.48. The van der Waals surface area contributed by atoms with Crippen LogP contribution in [-0.2, 0) is 25.0 Å². The minimum Gasteiger partial charge on any atom is -0.750 e. The third-order valence-corrected chi connectivity index (χ3v) is 1.86. The summed E-state index contributed by atoms with van der Waals surface area (Å²) in [5.41, 5.74) is 0. The van der Waals surface area contributed by atoms with E-state index in [9.17, 15) is 8.76 Å². The lowest BCUT2D eigenvalue weighted by atomic mass is 10.2. The van der Waals surface area contributed by atoms with Gasteiger partial charge in [0.25, 0.3) is 0 Å². The van der Waals surface area contributed by atoms with E-state index >= 15 is 0 Å². The Bertz CT molecular complexity index is 144. The molecular weight excluding hydrogens is 172 g/mol. The Kier molecular flexibility index (Phi) is 3.41. The van der Waals surface area contributed by atoms with E-state index in [0.29, 0.717) is 6.61 Å². The highest BCUT2D eigenvalue weighted by atomic mass is 32.2. The molecule has 0 radical (unpaired) electrons. The van der Waals surface area contributed by atoms with Gasteiger partial charge < -0.3 is 14.0 Å². The fourth-order valence-corrected chi connectivity index (χ4v) is 1.18. The lowest BCUT2D eigenvalue weighted by Gasteiger charge is -2.17. The second kappa shape index (κ2) is 4.13. The Morgan fingerprint density at radius 3 is 3.00 bits per heavy atom. The summed E-state index contributed by atoms with van der Waals surface area (Å²) in [4.78, 5) is 0. The first-order valence-corrected chi connectivity index (χ1v) is 4.16. The summed E-state index contributed by atoms with van der Waals surface area (Å²) in [7, 11) is 0. The van der Waals surface area contributed by atoms with Gasteiger partial charge >= 0.3 is 0 Å². The van der Waals surface area contributed by atoms with Crippen LogP contribution < -0.4 is 0 Å². The maximum Gasteiger partial charge on any atom is 0.147 e. The van der Waals surface area contributed by atoms with E-state index in [1.807, 2.05) is 0 Å². The minimum absolute atomic E-state index is 0.212. The molecule has 0 aromatic heterocycles. The van der Waals surface area contributed by atoms with Crippen molar-refractivity contribution >= 4 is 11.4 Å². The summed E-state index contributed by atoms with van der Waals surface area (Å²) in [5.74, 6) is 0. The van der Waals surface area contributed by atoms with Gasteiger partial charge in [0.15, 0.2) is 0 Å². The average molecular weight is 181 g/mol. The second-order valence-electron chi connectivity index (χ2n) is 2.20. The van der Waals surface area contributed by atoms with E-state index in [1.165, 1.54) is 0 Å². The fourth-order valence-electron chi connectivity index (χ4n) is 0.805. The number of ether oxygens (including phenoxy) is 2. The smallest absolute Gasteiger partial charge is 0.147 e. The number of hydrogen-bond donors (Lipinski definition) is 0. The normalized spacial score (nSPS) is 30.2. The van der Waals surface area contributed by atoms with Crippen molar-refractivity contribution in [1.82, 2.24) is 0 Å². The zero-order chi connectivity index (χ0) is 8.27. The molecule has 11 heavy (non-hydrogen) atoms. The molecule has 1 aliphatic heterocycles. The van der Waals surface area contributed by atoms with Crippen molar-refractivity contribution in [3.63, 3.8) is 0 Å². The van der Waals surface area contributed by atoms with Gasteiger partial charge in [-0.1, -0.05) is 0 Å². The highest BCUT2D eigenvalue weighted by molar-refractivity contribution is 7.74. The molecule has 3 unspecified atom stereocenters. The lowest BCUT2D eigenvalue weighted by molar-refractivity contribution is 0.00745. The summed E-state index contributed by atoms with van der Waals surface area (Å²) in [5, 5.41) is 0. The van der Waals surface area contributed by atoms with Gasteiger partial charge in [0, 0.05) is 0 Å². The number of hydrogen-bond acceptors (Lipinski definition) is 5. The van der Waals surface area contributed by atoms with E-state index < -0.39 is 17.5 Å². The van der Waals surface area contributed by atoms with Crippen LogP contribution in [0.2, 0.25) is 0 Å². The molecule has 0 aromatic rings. The van der Waals surface area contributed by atoms with Crippen molar-refractivity contribution in [2.45, 2.75) is 19.1 Å². The van der Waals surface area contributed by atoms with Crippen molar-refractivity contribution < 1.29 is 22.4 Å². The SMILES string of the molecule is CC(OS(=O)[O-])C1COCO1. The van der Waals surface area contributed by atoms with Gasteiger partial charge in [0.2, 0.25) is 0 Å². The standard InChI is InChI=1S/C5H10O5S/c1-4(10-11(6)7)5-2-8-3-9-5/h4-5H,2-3H2,1H3,(H,6,7)/p-1. The Balaban J connectivity index is 2.28. The molecule has 6 heteroatoms. The molecule has 0 saturated carbocycles. The Morgan fingerprint density at radius 1 is 1.82 bits per heavy atom. The zero-order valence-corrected chi connectivity index (χ0v) is 6.83. The fraction of sp³-hybridized carbons (Fsp3) is 1.00. The monoisotopic (exact) mass is 181 g/mol. The molecule has 3 atom stereocenters. The van der Waals surface area contributed by atoms with Crippen molar-refractivity contribution in [1.29, 1.82) is 0 Å². The van der Waals surface area contributed by atoms with Crippen LogP contribution in [0.4, 0.5) is 0 Å². The zero-order valence-electron chi connectivity index (χ0n) is 6.02. The summed E-state index contributed by atoms with van der Waals surface area (Å²) in [6, 6.07) is 0. The van der Waals surface area contributed by atoms with Crippen molar-refractivity contribution in [3.05, 3.63) is 0 Å². The molecule has 66 valence electrons. The molecular formula is C5H9O5S-. The first-order valence-electron chi connectivity index (χ1n) is 3.16. The van der Waals surface area contributed by atoms with Gasteiger partial charge in [-0.25, -0.2) is 4.21 Å². The van der Waals surface area contributed by atoms with Crippen LogP contribution in [0.25, 0.3) is 0 Å². The Morgan fingerprint density at radius 2 is 2.55 bits per heavy atom. The topological polar surface area (TPSA) is 67.8 Å². The average Bonchev–Trinajstić information content (AvgIpc) is 2.35. The van der Waals surface area contributed by atoms with Crippen LogP contribution >= 0.6 is 0 Å². The molecule has 0 N–H and O–H groups in total. The van der Waals surface area contributed by atoms with Gasteiger partial charge in [-0.3, -0.25) is 4.18 Å². The Hall–Kier alpha value is -0.0100. The van der Waals surface area contributed by atoms with Crippen LogP contribution in [0.5, 0.6) is 0 Å². The summed E-state index contributed by atoms with van der Waals surface area (Å²) < 4.78 is 34.4. The van der Waals surface area contributed by atoms with Gasteiger partial charge in [0.1, 0.15) is 12.9 Å². The van der Waals surface area contributed by atoms with Crippen LogP contribution in [0.1, 0.15) is 6.92 Å². The first kappa shape index (κ1) is 9.08. The molecule has 0 bridgehead atoms. The molecule has 1 heterocycles. The maximum atomic E-state index is 10.0. The van der Waals surface area contributed by atoms with Crippen LogP contribution in [0.15, 0.2) is 0 Å². The van der Waals surface area contributed by atoms with Crippen molar-refractivity contribution in [3.8, 4) is 0 Å². The Labute approximate surface area is 67.1 Å². The molecule has 1 fully saturated rings. The maximum absolute atomic E-state index is 10.0. The van der Waals surface area contributed by atoms with Crippen LogP contribution in [0.3, 0.4) is 0 Å². The second-order valence-corrected chi connectivity index (χ2v) is 2.80. The van der Waals surface area contributed by atoms with Gasteiger partial charge in [0.05, 0.1) is 24.1 Å². The molecule has 1 aliphatic rings. The lowest BCUT2D eigenvalue weighted by Crippen LogP contribution is -2.28. The van der Waals surface area contributed by atoms with E-state index in [1.54, 1.807) is 6.92 Å².